The molecule has 1 aromatic heterocycles. The van der Waals surface area contributed by atoms with Crippen molar-refractivity contribution >= 4 is 16.0 Å². The van der Waals surface area contributed by atoms with Gasteiger partial charge in [-0.15, -0.1) is 0 Å². The first-order valence-electron chi connectivity index (χ1n) is 5.03. The van der Waals surface area contributed by atoms with Gasteiger partial charge in [0.15, 0.2) is 0 Å². The summed E-state index contributed by atoms with van der Waals surface area (Å²) in [4.78, 5) is 27.9. The lowest BCUT2D eigenvalue weighted by molar-refractivity contribution is 0.0694. The van der Waals surface area contributed by atoms with Gasteiger partial charge in [0.1, 0.15) is 11.4 Å². The van der Waals surface area contributed by atoms with Gasteiger partial charge < -0.3 is 10.1 Å². The van der Waals surface area contributed by atoms with Crippen LogP contribution in [0.5, 0.6) is 0 Å². The number of hydrogen-bond acceptors (Lipinski definition) is 5. The van der Waals surface area contributed by atoms with Gasteiger partial charge in [-0.1, -0.05) is 0 Å². The summed E-state index contributed by atoms with van der Waals surface area (Å²) in [5.41, 5.74) is -1.30. The molecule has 0 radical (unpaired) electrons. The summed E-state index contributed by atoms with van der Waals surface area (Å²) in [7, 11) is -2.03. The fraction of sp³-hybridized carbons (Fsp3) is 0.444. The Morgan fingerprint density at radius 2 is 2.17 bits per heavy atom. The van der Waals surface area contributed by atoms with Crippen molar-refractivity contribution in [3.63, 3.8) is 0 Å². The molecule has 0 aliphatic heterocycles. The molecule has 1 aromatic rings. The second-order valence-corrected chi connectivity index (χ2v) is 5.90. The van der Waals surface area contributed by atoms with E-state index in [2.05, 4.69) is 9.97 Å². The first-order valence-corrected chi connectivity index (χ1v) is 6.64. The molecule has 0 spiro atoms. The lowest BCUT2D eigenvalue weighted by Crippen LogP contribution is -2.30. The first-order chi connectivity index (χ1) is 8.27. The average Bonchev–Trinajstić information content (AvgIpc) is 2.28. The Kier molecular flexibility index (Phi) is 4.19. The third kappa shape index (κ3) is 3.14. The van der Waals surface area contributed by atoms with E-state index >= 15 is 0 Å². The Labute approximate surface area is 103 Å². The summed E-state index contributed by atoms with van der Waals surface area (Å²) in [6.07, 6.45) is 0.906. The predicted molar refractivity (Wildman–Crippen MR) is 62.7 cm³/mol. The van der Waals surface area contributed by atoms with Crippen LogP contribution in [-0.4, -0.2) is 46.6 Å². The first kappa shape index (κ1) is 14.3. The van der Waals surface area contributed by atoms with Crippen LogP contribution in [0.15, 0.2) is 11.0 Å². The SMILES string of the molecule is CCS(=O)(=O)N(C)Cc1ncc(C(=O)O)c(=O)[nH]1. The van der Waals surface area contributed by atoms with Crippen LogP contribution in [0.3, 0.4) is 0 Å². The zero-order valence-electron chi connectivity index (χ0n) is 9.87. The van der Waals surface area contributed by atoms with Crippen LogP contribution in [-0.2, 0) is 16.6 Å². The molecule has 0 amide bonds. The smallest absolute Gasteiger partial charge is 0.342 e. The quantitative estimate of drug-likeness (QED) is 0.729. The summed E-state index contributed by atoms with van der Waals surface area (Å²) < 4.78 is 24.0. The van der Waals surface area contributed by atoms with E-state index in [9.17, 15) is 18.0 Å². The Hall–Kier alpha value is -1.74. The van der Waals surface area contributed by atoms with E-state index in [1.807, 2.05) is 0 Å². The number of aromatic carboxylic acids is 1. The van der Waals surface area contributed by atoms with E-state index in [0.717, 1.165) is 10.5 Å². The van der Waals surface area contributed by atoms with Crippen LogP contribution in [0.25, 0.3) is 0 Å². The highest BCUT2D eigenvalue weighted by Gasteiger charge is 2.17. The van der Waals surface area contributed by atoms with Crippen LogP contribution < -0.4 is 5.56 Å². The van der Waals surface area contributed by atoms with E-state index in [-0.39, 0.29) is 18.1 Å². The summed E-state index contributed by atoms with van der Waals surface area (Å²) in [5.74, 6) is -1.37. The fourth-order valence-corrected chi connectivity index (χ4v) is 1.95. The van der Waals surface area contributed by atoms with Gasteiger partial charge in [-0.2, -0.15) is 4.31 Å². The van der Waals surface area contributed by atoms with Gasteiger partial charge in [-0.25, -0.2) is 18.2 Å². The van der Waals surface area contributed by atoms with E-state index in [4.69, 9.17) is 5.11 Å². The van der Waals surface area contributed by atoms with Gasteiger partial charge >= 0.3 is 5.97 Å². The number of aromatic nitrogens is 2. The minimum absolute atomic E-state index is 0.0685. The van der Waals surface area contributed by atoms with Crippen molar-refractivity contribution in [1.29, 1.82) is 0 Å². The highest BCUT2D eigenvalue weighted by atomic mass is 32.2. The summed E-state index contributed by atoms with van der Waals surface area (Å²) in [6.45, 7) is 1.38. The van der Waals surface area contributed by atoms with E-state index in [1.165, 1.54) is 14.0 Å². The lowest BCUT2D eigenvalue weighted by atomic mass is 10.3. The maximum Gasteiger partial charge on any atom is 0.342 e. The predicted octanol–water partition coefficient (Wildman–Crippen LogP) is -0.750. The van der Waals surface area contributed by atoms with Crippen LogP contribution in [0.2, 0.25) is 0 Å². The number of carboxylic acids is 1. The fourth-order valence-electron chi connectivity index (χ4n) is 1.19. The monoisotopic (exact) mass is 275 g/mol. The number of rotatable bonds is 5. The molecule has 0 aromatic carbocycles. The second kappa shape index (κ2) is 5.27. The van der Waals surface area contributed by atoms with E-state index in [1.54, 1.807) is 0 Å². The molecule has 0 saturated heterocycles. The highest BCUT2D eigenvalue weighted by Crippen LogP contribution is 2.02. The van der Waals surface area contributed by atoms with Crippen molar-refractivity contribution in [2.75, 3.05) is 12.8 Å². The maximum atomic E-state index is 11.5. The molecule has 1 rings (SSSR count). The molecule has 0 aliphatic carbocycles. The molecule has 0 fully saturated rings. The molecule has 0 bridgehead atoms. The van der Waals surface area contributed by atoms with Crippen LogP contribution in [0, 0.1) is 0 Å². The maximum absolute atomic E-state index is 11.5. The van der Waals surface area contributed by atoms with E-state index < -0.39 is 27.1 Å². The van der Waals surface area contributed by atoms with E-state index in [0.29, 0.717) is 0 Å². The van der Waals surface area contributed by atoms with Gasteiger partial charge in [-0.3, -0.25) is 4.79 Å². The number of carbonyl (C=O) groups is 1. The standard InChI is InChI=1S/C9H13N3O5S/c1-3-18(16,17)12(2)5-7-10-4-6(9(14)15)8(13)11-7/h4H,3,5H2,1-2H3,(H,14,15)(H,10,11,13). The van der Waals surface area contributed by atoms with Crippen molar-refractivity contribution < 1.29 is 18.3 Å². The van der Waals surface area contributed by atoms with Gasteiger partial charge in [0.2, 0.25) is 10.0 Å². The zero-order chi connectivity index (χ0) is 13.9. The van der Waals surface area contributed by atoms with Crippen LogP contribution >= 0.6 is 0 Å². The van der Waals surface area contributed by atoms with Crippen LogP contribution in [0.4, 0.5) is 0 Å². The lowest BCUT2D eigenvalue weighted by Gasteiger charge is -2.14. The van der Waals surface area contributed by atoms with Gasteiger partial charge in [0.25, 0.3) is 5.56 Å². The Bertz CT molecular complexity index is 607. The molecule has 8 nitrogen and oxygen atoms in total. The summed E-state index contributed by atoms with van der Waals surface area (Å²) in [5, 5.41) is 8.64. The molecule has 0 saturated carbocycles. The minimum atomic E-state index is -3.38. The highest BCUT2D eigenvalue weighted by molar-refractivity contribution is 7.89. The molecular weight excluding hydrogens is 262 g/mol. The molecule has 0 unspecified atom stereocenters. The minimum Gasteiger partial charge on any atom is -0.477 e. The Balaban J connectivity index is 2.98. The van der Waals surface area contributed by atoms with Crippen molar-refractivity contribution in [2.45, 2.75) is 13.5 Å². The largest absolute Gasteiger partial charge is 0.477 e. The normalized spacial score (nSPS) is 11.7. The number of nitrogens with one attached hydrogen (secondary N) is 1. The molecule has 1 heterocycles. The van der Waals surface area contributed by atoms with Crippen molar-refractivity contribution in [3.05, 3.63) is 27.9 Å². The summed E-state index contributed by atoms with van der Waals surface area (Å²) >= 11 is 0. The number of H-pyrrole nitrogens is 1. The average molecular weight is 275 g/mol. The molecule has 18 heavy (non-hydrogen) atoms. The van der Waals surface area contributed by atoms with Crippen molar-refractivity contribution in [2.24, 2.45) is 0 Å². The van der Waals surface area contributed by atoms with Gasteiger partial charge in [0.05, 0.1) is 12.3 Å². The van der Waals surface area contributed by atoms with Crippen molar-refractivity contribution in [1.82, 2.24) is 14.3 Å². The molecule has 2 N–H and O–H groups in total. The van der Waals surface area contributed by atoms with Gasteiger partial charge in [0, 0.05) is 13.2 Å². The number of aromatic amines is 1. The number of hydrogen-bond donors (Lipinski definition) is 2. The Morgan fingerprint density at radius 3 is 2.61 bits per heavy atom. The Morgan fingerprint density at radius 1 is 1.56 bits per heavy atom. The zero-order valence-corrected chi connectivity index (χ0v) is 10.7. The second-order valence-electron chi connectivity index (χ2n) is 3.53. The molecular formula is C9H13N3O5S. The van der Waals surface area contributed by atoms with Crippen LogP contribution in [0.1, 0.15) is 23.1 Å². The number of sulfonamides is 1. The summed E-state index contributed by atoms with van der Waals surface area (Å²) in [6, 6.07) is 0. The molecule has 9 heteroatoms. The molecule has 100 valence electrons. The van der Waals surface area contributed by atoms with Crippen molar-refractivity contribution in [3.8, 4) is 0 Å². The number of nitrogens with zero attached hydrogens (tertiary/aromatic N) is 2. The third-order valence-electron chi connectivity index (χ3n) is 2.29. The third-order valence-corrected chi connectivity index (χ3v) is 4.10. The molecule has 0 atom stereocenters. The topological polar surface area (TPSA) is 120 Å². The molecule has 0 aliphatic rings. The van der Waals surface area contributed by atoms with Gasteiger partial charge in [-0.05, 0) is 6.92 Å². The number of carboxylic acid groups (broad SMARTS) is 1.